The molecule has 0 rings (SSSR count). The van der Waals surface area contributed by atoms with Crippen LogP contribution in [0.4, 0.5) is 0 Å². The van der Waals surface area contributed by atoms with Gasteiger partial charge in [-0.25, -0.2) is 0 Å². The number of rotatable bonds is 5. The van der Waals surface area contributed by atoms with Gasteiger partial charge in [-0.1, -0.05) is 6.92 Å². The SMILES string of the molecule is CCC(COC)C(C)NC. The van der Waals surface area contributed by atoms with Crippen LogP contribution in [-0.4, -0.2) is 26.8 Å². The van der Waals surface area contributed by atoms with Crippen molar-refractivity contribution in [3.05, 3.63) is 0 Å². The van der Waals surface area contributed by atoms with Gasteiger partial charge in [0.25, 0.3) is 0 Å². The van der Waals surface area contributed by atoms with E-state index in [1.807, 2.05) is 7.05 Å². The summed E-state index contributed by atoms with van der Waals surface area (Å²) in [4.78, 5) is 0. The fraction of sp³-hybridized carbons (Fsp3) is 1.00. The number of hydrogen-bond donors (Lipinski definition) is 1. The molecule has 1 N–H and O–H groups in total. The first kappa shape index (κ1) is 9.92. The third-order valence-corrected chi connectivity index (χ3v) is 2.07. The molecule has 10 heavy (non-hydrogen) atoms. The van der Waals surface area contributed by atoms with Crippen molar-refractivity contribution in [3.8, 4) is 0 Å². The average molecular weight is 145 g/mol. The van der Waals surface area contributed by atoms with E-state index in [4.69, 9.17) is 4.74 Å². The topological polar surface area (TPSA) is 21.3 Å². The van der Waals surface area contributed by atoms with Gasteiger partial charge in [-0.15, -0.1) is 0 Å². The normalized spacial score (nSPS) is 16.8. The van der Waals surface area contributed by atoms with Crippen molar-refractivity contribution in [1.29, 1.82) is 0 Å². The van der Waals surface area contributed by atoms with Gasteiger partial charge in [0.15, 0.2) is 0 Å². The van der Waals surface area contributed by atoms with E-state index in [9.17, 15) is 0 Å². The first-order valence-electron chi connectivity index (χ1n) is 3.92. The minimum absolute atomic E-state index is 0.560. The molecule has 0 heterocycles. The lowest BCUT2D eigenvalue weighted by Gasteiger charge is -2.20. The van der Waals surface area contributed by atoms with Crippen LogP contribution in [-0.2, 0) is 4.74 Å². The van der Waals surface area contributed by atoms with Crippen LogP contribution in [0.1, 0.15) is 20.3 Å². The molecule has 0 aliphatic carbocycles. The minimum atomic E-state index is 0.560. The summed E-state index contributed by atoms with van der Waals surface area (Å²) in [5, 5.41) is 3.22. The van der Waals surface area contributed by atoms with E-state index < -0.39 is 0 Å². The zero-order valence-electron chi connectivity index (χ0n) is 7.48. The zero-order valence-corrected chi connectivity index (χ0v) is 7.48. The molecule has 62 valence electrons. The van der Waals surface area contributed by atoms with Crippen molar-refractivity contribution in [2.75, 3.05) is 20.8 Å². The van der Waals surface area contributed by atoms with Crippen LogP contribution in [0.2, 0.25) is 0 Å². The molecule has 2 atom stereocenters. The zero-order chi connectivity index (χ0) is 7.98. The largest absolute Gasteiger partial charge is 0.384 e. The van der Waals surface area contributed by atoms with Crippen molar-refractivity contribution in [3.63, 3.8) is 0 Å². The molecule has 0 spiro atoms. The summed E-state index contributed by atoms with van der Waals surface area (Å²) in [5.41, 5.74) is 0. The molecule has 0 saturated carbocycles. The Balaban J connectivity index is 3.56. The van der Waals surface area contributed by atoms with Gasteiger partial charge >= 0.3 is 0 Å². The number of methoxy groups -OCH3 is 1. The van der Waals surface area contributed by atoms with Crippen molar-refractivity contribution in [1.82, 2.24) is 5.32 Å². The van der Waals surface area contributed by atoms with Crippen LogP contribution in [0.25, 0.3) is 0 Å². The van der Waals surface area contributed by atoms with Crippen LogP contribution in [0.5, 0.6) is 0 Å². The molecular formula is C8H19NO. The van der Waals surface area contributed by atoms with Crippen LogP contribution < -0.4 is 5.32 Å². The molecule has 0 radical (unpaired) electrons. The lowest BCUT2D eigenvalue weighted by atomic mass is 10.00. The van der Waals surface area contributed by atoms with E-state index in [2.05, 4.69) is 19.2 Å². The van der Waals surface area contributed by atoms with Crippen molar-refractivity contribution in [2.24, 2.45) is 5.92 Å². The Labute approximate surface area is 64.0 Å². The minimum Gasteiger partial charge on any atom is -0.384 e. The fourth-order valence-corrected chi connectivity index (χ4v) is 1.07. The monoisotopic (exact) mass is 145 g/mol. The molecule has 2 heteroatoms. The van der Waals surface area contributed by atoms with E-state index in [0.29, 0.717) is 12.0 Å². The Morgan fingerprint density at radius 3 is 2.40 bits per heavy atom. The van der Waals surface area contributed by atoms with E-state index >= 15 is 0 Å². The highest BCUT2D eigenvalue weighted by Crippen LogP contribution is 2.07. The maximum Gasteiger partial charge on any atom is 0.0505 e. The Kier molecular flexibility index (Phi) is 5.64. The smallest absolute Gasteiger partial charge is 0.0505 e. The highest BCUT2D eigenvalue weighted by molar-refractivity contribution is 4.68. The maximum absolute atomic E-state index is 5.08. The summed E-state index contributed by atoms with van der Waals surface area (Å²) < 4.78 is 5.08. The Morgan fingerprint density at radius 1 is 1.50 bits per heavy atom. The van der Waals surface area contributed by atoms with Gasteiger partial charge in [-0.3, -0.25) is 0 Å². The predicted octanol–water partition coefficient (Wildman–Crippen LogP) is 1.27. The van der Waals surface area contributed by atoms with Gasteiger partial charge in [0.05, 0.1) is 6.61 Å². The van der Waals surface area contributed by atoms with E-state index in [-0.39, 0.29) is 0 Å². The van der Waals surface area contributed by atoms with Gasteiger partial charge in [0.2, 0.25) is 0 Å². The molecule has 0 amide bonds. The number of nitrogens with one attached hydrogen (secondary N) is 1. The predicted molar refractivity (Wildman–Crippen MR) is 44.2 cm³/mol. The van der Waals surface area contributed by atoms with E-state index in [1.165, 1.54) is 6.42 Å². The van der Waals surface area contributed by atoms with Crippen molar-refractivity contribution < 1.29 is 4.74 Å². The molecule has 0 aromatic rings. The average Bonchev–Trinajstić information content (AvgIpc) is 1.99. The van der Waals surface area contributed by atoms with Crippen molar-refractivity contribution in [2.45, 2.75) is 26.3 Å². The maximum atomic E-state index is 5.08. The third kappa shape index (κ3) is 3.18. The van der Waals surface area contributed by atoms with Crippen LogP contribution in [0.15, 0.2) is 0 Å². The van der Waals surface area contributed by atoms with Gasteiger partial charge in [0, 0.05) is 13.2 Å². The summed E-state index contributed by atoms with van der Waals surface area (Å²) in [6, 6.07) is 0.560. The Morgan fingerprint density at radius 2 is 2.10 bits per heavy atom. The van der Waals surface area contributed by atoms with Crippen LogP contribution >= 0.6 is 0 Å². The lowest BCUT2D eigenvalue weighted by molar-refractivity contribution is 0.133. The summed E-state index contributed by atoms with van der Waals surface area (Å²) in [6.45, 7) is 5.24. The standard InChI is InChI=1S/C8H19NO/c1-5-8(6-10-4)7(2)9-3/h7-9H,5-6H2,1-4H3. The quantitative estimate of drug-likeness (QED) is 0.629. The molecule has 0 aromatic carbocycles. The highest BCUT2D eigenvalue weighted by Gasteiger charge is 2.12. The van der Waals surface area contributed by atoms with Gasteiger partial charge in [0.1, 0.15) is 0 Å². The first-order chi connectivity index (χ1) is 4.76. The molecule has 0 aromatic heterocycles. The highest BCUT2D eigenvalue weighted by atomic mass is 16.5. The molecule has 0 saturated heterocycles. The Hall–Kier alpha value is -0.0800. The second-order valence-electron chi connectivity index (χ2n) is 2.70. The molecular weight excluding hydrogens is 126 g/mol. The molecule has 0 aliphatic heterocycles. The fourth-order valence-electron chi connectivity index (χ4n) is 1.07. The van der Waals surface area contributed by atoms with E-state index in [0.717, 1.165) is 6.61 Å². The number of hydrogen-bond acceptors (Lipinski definition) is 2. The summed E-state index contributed by atoms with van der Waals surface area (Å²) in [6.07, 6.45) is 1.18. The second kappa shape index (κ2) is 5.69. The van der Waals surface area contributed by atoms with Gasteiger partial charge in [-0.2, -0.15) is 0 Å². The summed E-state index contributed by atoms with van der Waals surface area (Å²) in [5.74, 6) is 0.648. The van der Waals surface area contributed by atoms with Gasteiger partial charge in [-0.05, 0) is 26.3 Å². The van der Waals surface area contributed by atoms with E-state index in [1.54, 1.807) is 7.11 Å². The van der Waals surface area contributed by atoms with Crippen molar-refractivity contribution >= 4 is 0 Å². The Bertz CT molecular complexity index is 75.7. The molecule has 0 fully saturated rings. The number of ether oxygens (including phenoxy) is 1. The molecule has 0 aliphatic rings. The first-order valence-corrected chi connectivity index (χ1v) is 3.92. The molecule has 2 unspecified atom stereocenters. The lowest BCUT2D eigenvalue weighted by Crippen LogP contribution is -2.32. The summed E-state index contributed by atoms with van der Waals surface area (Å²) in [7, 11) is 3.74. The van der Waals surface area contributed by atoms with Gasteiger partial charge < -0.3 is 10.1 Å². The summed E-state index contributed by atoms with van der Waals surface area (Å²) >= 11 is 0. The third-order valence-electron chi connectivity index (χ3n) is 2.07. The van der Waals surface area contributed by atoms with Crippen LogP contribution in [0.3, 0.4) is 0 Å². The molecule has 2 nitrogen and oxygen atoms in total. The van der Waals surface area contributed by atoms with Crippen LogP contribution in [0, 0.1) is 5.92 Å². The second-order valence-corrected chi connectivity index (χ2v) is 2.70. The molecule has 0 bridgehead atoms.